The van der Waals surface area contributed by atoms with Crippen LogP contribution >= 0.6 is 0 Å². The van der Waals surface area contributed by atoms with E-state index in [1.807, 2.05) is 7.05 Å². The molecular formula is C33H30F3N7O3. The first-order chi connectivity index (χ1) is 21.9. The number of aromatic nitrogens is 1. The first-order valence-electron chi connectivity index (χ1n) is 14.4. The molecule has 6 rings (SSSR count). The molecule has 13 heteroatoms. The van der Waals surface area contributed by atoms with Crippen LogP contribution in [0, 0.1) is 0 Å². The Bertz CT molecular complexity index is 1870. The van der Waals surface area contributed by atoms with E-state index in [1.54, 1.807) is 59.5 Å². The molecule has 2 aliphatic heterocycles. The lowest BCUT2D eigenvalue weighted by Crippen LogP contribution is -2.45. The number of carbonyl (C=O) groups is 3. The minimum Gasteiger partial charge on any atom is -0.368 e. The Kier molecular flexibility index (Phi) is 8.00. The van der Waals surface area contributed by atoms with Gasteiger partial charge in [-0.3, -0.25) is 14.4 Å². The van der Waals surface area contributed by atoms with Gasteiger partial charge in [0.15, 0.2) is 0 Å². The van der Waals surface area contributed by atoms with Gasteiger partial charge < -0.3 is 36.5 Å². The summed E-state index contributed by atoms with van der Waals surface area (Å²) in [6.45, 7) is 2.23. The predicted molar refractivity (Wildman–Crippen MR) is 171 cm³/mol. The number of benzene rings is 3. The number of nitrogens with two attached hydrogens (primary N) is 1. The third-order valence-electron chi connectivity index (χ3n) is 7.89. The Hall–Kier alpha value is -5.56. The number of alkyl halides is 3. The topological polar surface area (TPSA) is 136 Å². The molecule has 0 aliphatic carbocycles. The molecule has 4 aromatic rings. The molecule has 10 nitrogen and oxygen atoms in total. The van der Waals surface area contributed by atoms with Crippen LogP contribution in [0.2, 0.25) is 0 Å². The highest BCUT2D eigenvalue weighted by Crippen LogP contribution is 2.38. The highest BCUT2D eigenvalue weighted by molar-refractivity contribution is 6.35. The molecule has 0 atom stereocenters. The molecule has 46 heavy (non-hydrogen) atoms. The summed E-state index contributed by atoms with van der Waals surface area (Å²) in [5.41, 5.74) is 8.48. The summed E-state index contributed by atoms with van der Waals surface area (Å²) in [5, 5.41) is 8.74. The highest BCUT2D eigenvalue weighted by Gasteiger charge is 2.36. The van der Waals surface area contributed by atoms with Crippen molar-refractivity contribution in [3.8, 4) is 0 Å². The summed E-state index contributed by atoms with van der Waals surface area (Å²) in [4.78, 5) is 43.7. The predicted octanol–water partition coefficient (Wildman–Crippen LogP) is 5.37. The summed E-state index contributed by atoms with van der Waals surface area (Å²) in [6.07, 6.45) is -2.99. The van der Waals surface area contributed by atoms with E-state index in [-0.39, 0.29) is 22.9 Å². The van der Waals surface area contributed by atoms with Gasteiger partial charge in [-0.2, -0.15) is 13.2 Å². The maximum atomic E-state index is 14.0. The maximum absolute atomic E-state index is 14.0. The molecule has 236 valence electrons. The standard InChI is InChI=1S/C33H30F3N7O3/c1-42-11-13-43(14-12-42)29-10-5-19(15-26(29)33(34,35)36)31(45)40-21-4-2-3-20(16-21)38-23-6-8-24-25(32(46)41-28(24)18-23)17-22-7-9-27(39-22)30(37)44/h2-10,15-18,38-39H,11-14H2,1H3,(H2,37,44)(H,40,45)(H,41,46). The molecule has 0 radical (unpaired) electrons. The van der Waals surface area contributed by atoms with E-state index in [0.29, 0.717) is 65.8 Å². The first kappa shape index (κ1) is 30.5. The summed E-state index contributed by atoms with van der Waals surface area (Å²) in [7, 11) is 1.93. The smallest absolute Gasteiger partial charge is 0.368 e. The number of rotatable bonds is 7. The Labute approximate surface area is 262 Å². The minimum atomic E-state index is -4.62. The molecule has 1 saturated heterocycles. The van der Waals surface area contributed by atoms with Crippen molar-refractivity contribution < 1.29 is 27.6 Å². The fourth-order valence-corrected chi connectivity index (χ4v) is 5.48. The second kappa shape index (κ2) is 12.1. The number of piperazine rings is 1. The summed E-state index contributed by atoms with van der Waals surface area (Å²) in [6, 6.07) is 18.9. The van der Waals surface area contributed by atoms with E-state index >= 15 is 0 Å². The Morgan fingerprint density at radius 1 is 0.913 bits per heavy atom. The second-order valence-corrected chi connectivity index (χ2v) is 11.1. The molecule has 0 bridgehead atoms. The molecule has 0 spiro atoms. The molecule has 3 aromatic carbocycles. The monoisotopic (exact) mass is 629 g/mol. The van der Waals surface area contributed by atoms with E-state index in [9.17, 15) is 27.6 Å². The zero-order valence-electron chi connectivity index (χ0n) is 24.7. The number of aromatic amines is 1. The number of primary amides is 1. The Morgan fingerprint density at radius 2 is 1.65 bits per heavy atom. The van der Waals surface area contributed by atoms with E-state index in [0.717, 1.165) is 6.07 Å². The first-order valence-corrected chi connectivity index (χ1v) is 14.4. The number of halogens is 3. The lowest BCUT2D eigenvalue weighted by molar-refractivity contribution is -0.137. The van der Waals surface area contributed by atoms with Gasteiger partial charge in [0.25, 0.3) is 17.7 Å². The number of hydrogen-bond donors (Lipinski definition) is 5. The van der Waals surface area contributed by atoms with Gasteiger partial charge in [-0.15, -0.1) is 0 Å². The fourth-order valence-electron chi connectivity index (χ4n) is 5.48. The Balaban J connectivity index is 1.16. The number of likely N-dealkylation sites (N-methyl/N-ethyl adjacent to an activating group) is 1. The quantitative estimate of drug-likeness (QED) is 0.175. The van der Waals surface area contributed by atoms with Crippen molar-refractivity contribution in [2.75, 3.05) is 54.1 Å². The van der Waals surface area contributed by atoms with Crippen LogP contribution in [0.5, 0.6) is 0 Å². The van der Waals surface area contributed by atoms with Gasteiger partial charge in [-0.25, -0.2) is 0 Å². The zero-order valence-corrected chi connectivity index (χ0v) is 24.7. The third-order valence-corrected chi connectivity index (χ3v) is 7.89. The van der Waals surface area contributed by atoms with E-state index in [2.05, 4.69) is 25.8 Å². The lowest BCUT2D eigenvalue weighted by atomic mass is 10.1. The number of H-pyrrole nitrogens is 1. The lowest BCUT2D eigenvalue weighted by Gasteiger charge is -2.35. The van der Waals surface area contributed by atoms with Gasteiger partial charge in [0.1, 0.15) is 5.69 Å². The van der Waals surface area contributed by atoms with Crippen LogP contribution in [0.25, 0.3) is 11.6 Å². The molecule has 2 aliphatic rings. The van der Waals surface area contributed by atoms with E-state index in [1.165, 1.54) is 18.2 Å². The number of nitrogens with zero attached hydrogens (tertiary/aromatic N) is 2. The number of carbonyl (C=O) groups excluding carboxylic acids is 3. The zero-order chi connectivity index (χ0) is 32.6. The van der Waals surface area contributed by atoms with Crippen molar-refractivity contribution in [1.29, 1.82) is 0 Å². The van der Waals surface area contributed by atoms with E-state index < -0.39 is 23.6 Å². The van der Waals surface area contributed by atoms with Crippen molar-refractivity contribution in [2.45, 2.75) is 6.18 Å². The summed E-state index contributed by atoms with van der Waals surface area (Å²) >= 11 is 0. The fraction of sp³-hybridized carbons (Fsp3) is 0.182. The average molecular weight is 630 g/mol. The largest absolute Gasteiger partial charge is 0.418 e. The maximum Gasteiger partial charge on any atom is 0.418 e. The number of amides is 3. The van der Waals surface area contributed by atoms with Gasteiger partial charge in [-0.1, -0.05) is 12.1 Å². The molecule has 6 N–H and O–H groups in total. The second-order valence-electron chi connectivity index (χ2n) is 11.1. The molecule has 0 saturated carbocycles. The molecule has 1 fully saturated rings. The van der Waals surface area contributed by atoms with Crippen molar-refractivity contribution in [3.63, 3.8) is 0 Å². The highest BCUT2D eigenvalue weighted by atomic mass is 19.4. The van der Waals surface area contributed by atoms with Crippen LogP contribution in [-0.4, -0.2) is 60.8 Å². The van der Waals surface area contributed by atoms with E-state index in [4.69, 9.17) is 5.73 Å². The molecule has 3 heterocycles. The van der Waals surface area contributed by atoms with Crippen LogP contribution in [0.4, 0.5) is 41.6 Å². The molecule has 0 unspecified atom stereocenters. The van der Waals surface area contributed by atoms with Crippen LogP contribution in [0.3, 0.4) is 0 Å². The average Bonchev–Trinajstić information content (AvgIpc) is 3.61. The SMILES string of the molecule is CN1CCN(c2ccc(C(=O)Nc3cccc(Nc4ccc5c(c4)NC(=O)C5=Cc4ccc(C(N)=O)[nH]4)c3)cc2C(F)(F)F)CC1. The number of fused-ring (bicyclic) bond motifs is 1. The number of anilines is 5. The summed E-state index contributed by atoms with van der Waals surface area (Å²) in [5.74, 6) is -1.58. The Morgan fingerprint density at radius 3 is 2.37 bits per heavy atom. The van der Waals surface area contributed by atoms with Crippen LogP contribution < -0.4 is 26.6 Å². The molecule has 1 aromatic heterocycles. The van der Waals surface area contributed by atoms with Crippen molar-refractivity contribution in [1.82, 2.24) is 9.88 Å². The van der Waals surface area contributed by atoms with Gasteiger partial charge in [0, 0.05) is 65.7 Å². The van der Waals surface area contributed by atoms with Gasteiger partial charge in [0.2, 0.25) is 0 Å². The van der Waals surface area contributed by atoms with Gasteiger partial charge in [0.05, 0.1) is 16.8 Å². The van der Waals surface area contributed by atoms with Crippen molar-refractivity contribution in [3.05, 3.63) is 101 Å². The third kappa shape index (κ3) is 6.44. The summed E-state index contributed by atoms with van der Waals surface area (Å²) < 4.78 is 42.1. The van der Waals surface area contributed by atoms with Crippen LogP contribution in [0.1, 0.15) is 37.7 Å². The van der Waals surface area contributed by atoms with Crippen molar-refractivity contribution in [2.24, 2.45) is 5.73 Å². The normalized spacial score (nSPS) is 15.9. The minimum absolute atomic E-state index is 0.0676. The molecule has 3 amide bonds. The molecular weight excluding hydrogens is 599 g/mol. The van der Waals surface area contributed by atoms with Gasteiger partial charge in [-0.05, 0) is 73.8 Å². The number of nitrogens with one attached hydrogen (secondary N) is 4. The number of hydrogen-bond acceptors (Lipinski definition) is 6. The van der Waals surface area contributed by atoms with Crippen molar-refractivity contribution >= 4 is 57.8 Å². The van der Waals surface area contributed by atoms with Crippen LogP contribution in [0.15, 0.2) is 72.8 Å². The van der Waals surface area contributed by atoms with Crippen LogP contribution in [-0.2, 0) is 11.0 Å². The van der Waals surface area contributed by atoms with Gasteiger partial charge >= 0.3 is 6.18 Å².